The molecular formula is C14H19NO2. The van der Waals surface area contributed by atoms with E-state index in [1.165, 1.54) is 11.3 Å². The maximum absolute atomic E-state index is 5.63. The molecule has 3 rings (SSSR count). The van der Waals surface area contributed by atoms with Crippen molar-refractivity contribution in [2.75, 3.05) is 25.1 Å². The summed E-state index contributed by atoms with van der Waals surface area (Å²) in [4.78, 5) is 0. The molecule has 1 unspecified atom stereocenters. The number of hydrogen-bond acceptors (Lipinski definition) is 3. The smallest absolute Gasteiger partial charge is 0.163 e. The highest BCUT2D eigenvalue weighted by atomic mass is 16.6. The molecule has 3 heteroatoms. The van der Waals surface area contributed by atoms with Gasteiger partial charge in [-0.1, -0.05) is 13.8 Å². The quantitative estimate of drug-likeness (QED) is 0.809. The van der Waals surface area contributed by atoms with Crippen molar-refractivity contribution < 1.29 is 9.47 Å². The average molecular weight is 233 g/mol. The lowest BCUT2D eigenvalue weighted by Gasteiger charge is -2.30. The van der Waals surface area contributed by atoms with Crippen LogP contribution in [0, 0.1) is 11.8 Å². The van der Waals surface area contributed by atoms with Gasteiger partial charge in [0.05, 0.1) is 0 Å². The van der Waals surface area contributed by atoms with Crippen LogP contribution in [0.15, 0.2) is 12.1 Å². The maximum Gasteiger partial charge on any atom is 0.163 e. The molecule has 0 aromatic heterocycles. The van der Waals surface area contributed by atoms with Gasteiger partial charge in [-0.3, -0.25) is 0 Å². The van der Waals surface area contributed by atoms with Crippen molar-refractivity contribution in [3.63, 3.8) is 0 Å². The summed E-state index contributed by atoms with van der Waals surface area (Å²) in [6.45, 7) is 6.95. The van der Waals surface area contributed by atoms with Crippen LogP contribution in [0.1, 0.15) is 19.4 Å². The Morgan fingerprint density at radius 1 is 1.18 bits per heavy atom. The van der Waals surface area contributed by atoms with Crippen LogP contribution in [0.2, 0.25) is 0 Å². The molecule has 92 valence electrons. The second-order valence-corrected chi connectivity index (χ2v) is 5.24. The van der Waals surface area contributed by atoms with Gasteiger partial charge in [-0.15, -0.1) is 0 Å². The van der Waals surface area contributed by atoms with Crippen LogP contribution in [-0.4, -0.2) is 19.8 Å². The molecule has 2 heterocycles. The van der Waals surface area contributed by atoms with Gasteiger partial charge in [-0.25, -0.2) is 0 Å². The van der Waals surface area contributed by atoms with Crippen LogP contribution in [0.5, 0.6) is 11.5 Å². The number of anilines is 1. The van der Waals surface area contributed by atoms with Gasteiger partial charge in [0.15, 0.2) is 11.5 Å². The molecular weight excluding hydrogens is 214 g/mol. The number of rotatable bonds is 1. The predicted octanol–water partition coefficient (Wildman–Crippen LogP) is 2.70. The molecule has 0 fully saturated rings. The first-order valence-electron chi connectivity index (χ1n) is 6.40. The lowest BCUT2D eigenvalue weighted by atomic mass is 9.86. The van der Waals surface area contributed by atoms with E-state index in [0.717, 1.165) is 24.5 Å². The maximum atomic E-state index is 5.63. The minimum absolute atomic E-state index is 0.653. The molecule has 0 aliphatic carbocycles. The highest BCUT2D eigenvalue weighted by Gasteiger charge is 2.24. The van der Waals surface area contributed by atoms with E-state index in [1.807, 2.05) is 0 Å². The Morgan fingerprint density at radius 2 is 1.88 bits per heavy atom. The lowest BCUT2D eigenvalue weighted by Crippen LogP contribution is -2.27. The minimum Gasteiger partial charge on any atom is -0.486 e. The van der Waals surface area contributed by atoms with Crippen molar-refractivity contribution in [2.24, 2.45) is 11.8 Å². The van der Waals surface area contributed by atoms with Crippen LogP contribution in [0.3, 0.4) is 0 Å². The monoisotopic (exact) mass is 233 g/mol. The highest BCUT2D eigenvalue weighted by Crippen LogP contribution is 2.39. The van der Waals surface area contributed by atoms with E-state index in [9.17, 15) is 0 Å². The van der Waals surface area contributed by atoms with E-state index in [2.05, 4.69) is 31.3 Å². The van der Waals surface area contributed by atoms with Gasteiger partial charge in [0.25, 0.3) is 0 Å². The van der Waals surface area contributed by atoms with E-state index in [0.29, 0.717) is 25.0 Å². The van der Waals surface area contributed by atoms with E-state index < -0.39 is 0 Å². The summed E-state index contributed by atoms with van der Waals surface area (Å²) in [6, 6.07) is 4.23. The van der Waals surface area contributed by atoms with Crippen LogP contribution in [0.25, 0.3) is 0 Å². The van der Waals surface area contributed by atoms with Crippen LogP contribution in [0.4, 0.5) is 5.69 Å². The van der Waals surface area contributed by atoms with Gasteiger partial charge in [0.1, 0.15) is 13.2 Å². The van der Waals surface area contributed by atoms with Crippen LogP contribution in [-0.2, 0) is 6.42 Å². The first-order valence-corrected chi connectivity index (χ1v) is 6.40. The Kier molecular flexibility index (Phi) is 2.61. The minimum atomic E-state index is 0.653. The second kappa shape index (κ2) is 4.13. The number of hydrogen-bond donors (Lipinski definition) is 1. The SMILES string of the molecule is CC(C)C1CNc2cc3c(cc2C1)OCCO3. The predicted molar refractivity (Wildman–Crippen MR) is 68.0 cm³/mol. The molecule has 0 spiro atoms. The number of benzene rings is 1. The fourth-order valence-corrected chi connectivity index (χ4v) is 2.53. The largest absolute Gasteiger partial charge is 0.486 e. The molecule has 0 radical (unpaired) electrons. The van der Waals surface area contributed by atoms with E-state index in [-0.39, 0.29) is 0 Å². The second-order valence-electron chi connectivity index (χ2n) is 5.24. The van der Waals surface area contributed by atoms with Crippen molar-refractivity contribution in [2.45, 2.75) is 20.3 Å². The summed E-state index contributed by atoms with van der Waals surface area (Å²) in [5.74, 6) is 3.21. The molecule has 1 N–H and O–H groups in total. The molecule has 1 atom stereocenters. The first-order chi connectivity index (χ1) is 8.24. The molecule has 0 amide bonds. The standard InChI is InChI=1S/C14H19NO2/c1-9(2)11-5-10-6-13-14(17-4-3-16-13)7-12(10)15-8-11/h6-7,9,11,15H,3-5,8H2,1-2H3. The molecule has 0 saturated heterocycles. The Balaban J connectivity index is 1.92. The summed E-state index contributed by atoms with van der Waals surface area (Å²) < 4.78 is 11.2. The molecule has 0 bridgehead atoms. The van der Waals surface area contributed by atoms with Crippen molar-refractivity contribution in [3.05, 3.63) is 17.7 Å². The molecule has 2 aliphatic rings. The third kappa shape index (κ3) is 1.94. The Hall–Kier alpha value is -1.38. The van der Waals surface area contributed by atoms with Crippen molar-refractivity contribution in [1.82, 2.24) is 0 Å². The van der Waals surface area contributed by atoms with E-state index in [4.69, 9.17) is 9.47 Å². The molecule has 1 aromatic carbocycles. The lowest BCUT2D eigenvalue weighted by molar-refractivity contribution is 0.171. The van der Waals surface area contributed by atoms with Gasteiger partial charge in [-0.05, 0) is 29.9 Å². The summed E-state index contributed by atoms with van der Waals surface area (Å²) in [6.07, 6.45) is 1.14. The van der Waals surface area contributed by atoms with Gasteiger partial charge in [-0.2, -0.15) is 0 Å². The van der Waals surface area contributed by atoms with Crippen molar-refractivity contribution >= 4 is 5.69 Å². The van der Waals surface area contributed by atoms with E-state index >= 15 is 0 Å². The number of fused-ring (bicyclic) bond motifs is 2. The highest BCUT2D eigenvalue weighted by molar-refractivity contribution is 5.62. The third-order valence-electron chi connectivity index (χ3n) is 3.75. The number of ether oxygens (including phenoxy) is 2. The van der Waals surface area contributed by atoms with E-state index in [1.54, 1.807) is 0 Å². The Morgan fingerprint density at radius 3 is 2.59 bits per heavy atom. The molecule has 0 saturated carbocycles. The summed E-state index contributed by atoms with van der Waals surface area (Å²) >= 11 is 0. The summed E-state index contributed by atoms with van der Waals surface area (Å²) in [5.41, 5.74) is 2.57. The zero-order valence-electron chi connectivity index (χ0n) is 10.5. The third-order valence-corrected chi connectivity index (χ3v) is 3.75. The zero-order chi connectivity index (χ0) is 11.8. The fourth-order valence-electron chi connectivity index (χ4n) is 2.53. The number of nitrogens with one attached hydrogen (secondary N) is 1. The van der Waals surface area contributed by atoms with Crippen LogP contribution < -0.4 is 14.8 Å². The average Bonchev–Trinajstić information content (AvgIpc) is 2.35. The first kappa shape index (κ1) is 10.8. The Labute approximate surface area is 102 Å². The summed E-state index contributed by atoms with van der Waals surface area (Å²) in [7, 11) is 0. The normalized spacial score (nSPS) is 21.9. The van der Waals surface area contributed by atoms with Gasteiger partial charge in [0, 0.05) is 18.3 Å². The molecule has 2 aliphatic heterocycles. The molecule has 1 aromatic rings. The van der Waals surface area contributed by atoms with Gasteiger partial charge in [0.2, 0.25) is 0 Å². The molecule has 3 nitrogen and oxygen atoms in total. The van der Waals surface area contributed by atoms with Crippen molar-refractivity contribution in [1.29, 1.82) is 0 Å². The fraction of sp³-hybridized carbons (Fsp3) is 0.571. The topological polar surface area (TPSA) is 30.5 Å². The van der Waals surface area contributed by atoms with Gasteiger partial charge < -0.3 is 14.8 Å². The summed E-state index contributed by atoms with van der Waals surface area (Å²) in [5, 5.41) is 3.51. The Bertz CT molecular complexity index is 428. The van der Waals surface area contributed by atoms with Gasteiger partial charge >= 0.3 is 0 Å². The van der Waals surface area contributed by atoms with Crippen molar-refractivity contribution in [3.8, 4) is 11.5 Å². The molecule has 17 heavy (non-hydrogen) atoms. The van der Waals surface area contributed by atoms with Crippen LogP contribution >= 0.6 is 0 Å². The zero-order valence-corrected chi connectivity index (χ0v) is 10.5.